The van der Waals surface area contributed by atoms with Crippen molar-refractivity contribution in [2.45, 2.75) is 38.5 Å². The van der Waals surface area contributed by atoms with E-state index in [1.165, 1.54) is 11.1 Å². The first-order chi connectivity index (χ1) is 16.4. The Bertz CT molecular complexity index is 1270. The number of hydrogen-bond donors (Lipinski definition) is 2. The first-order valence-electron chi connectivity index (χ1n) is 10.5. The third-order valence-electron chi connectivity index (χ3n) is 6.29. The van der Waals surface area contributed by atoms with Gasteiger partial charge in [0.1, 0.15) is 11.7 Å². The molecule has 3 atom stereocenters. The second kappa shape index (κ2) is 9.25. The standard InChI is InChI=1S/C22H22F3N7O3/c1-5-15-18-14(16(6-26)29-11-33)7-27-13(3)19(18)32(30-15)21(4)10-31(9-12(21)2)17(34)8-28-20(35)22(23,24)25/h1,7,11-12,16H,8-10H2,2-4H3,(H,28,35)(H,29,33). The maximum Gasteiger partial charge on any atom is 0.471 e. The molecule has 2 aromatic rings. The van der Waals surface area contributed by atoms with Gasteiger partial charge in [0.15, 0.2) is 0 Å². The van der Waals surface area contributed by atoms with Crippen molar-refractivity contribution in [1.82, 2.24) is 30.3 Å². The summed E-state index contributed by atoms with van der Waals surface area (Å²) in [5, 5.41) is 18.6. The number of aromatic nitrogens is 3. The highest BCUT2D eigenvalue weighted by Crippen LogP contribution is 2.39. The van der Waals surface area contributed by atoms with Gasteiger partial charge in [-0.05, 0) is 19.8 Å². The van der Waals surface area contributed by atoms with Crippen molar-refractivity contribution in [3.05, 3.63) is 23.1 Å². The third kappa shape index (κ3) is 4.49. The maximum absolute atomic E-state index is 12.6. The van der Waals surface area contributed by atoms with Crippen LogP contribution in [0.3, 0.4) is 0 Å². The van der Waals surface area contributed by atoms with E-state index in [9.17, 15) is 32.8 Å². The van der Waals surface area contributed by atoms with Gasteiger partial charge in [-0.1, -0.05) is 6.92 Å². The van der Waals surface area contributed by atoms with E-state index in [0.717, 1.165) is 0 Å². The van der Waals surface area contributed by atoms with Crippen molar-refractivity contribution >= 4 is 29.1 Å². The van der Waals surface area contributed by atoms with Crippen LogP contribution in [0.1, 0.15) is 36.8 Å². The van der Waals surface area contributed by atoms with Gasteiger partial charge in [0.05, 0.1) is 29.4 Å². The number of nitriles is 1. The first-order valence-corrected chi connectivity index (χ1v) is 10.5. The second-order valence-corrected chi connectivity index (χ2v) is 8.49. The Kier molecular flexibility index (Phi) is 6.74. The van der Waals surface area contributed by atoms with Gasteiger partial charge in [-0.15, -0.1) is 6.42 Å². The average Bonchev–Trinajstić information content (AvgIpc) is 3.35. The van der Waals surface area contributed by atoms with E-state index in [1.807, 2.05) is 19.9 Å². The highest BCUT2D eigenvalue weighted by molar-refractivity contribution is 5.91. The van der Waals surface area contributed by atoms with E-state index in [-0.39, 0.29) is 24.7 Å². The lowest BCUT2D eigenvalue weighted by atomic mass is 9.90. The number of carbonyl (C=O) groups excluding carboxylic acids is 3. The molecule has 0 spiro atoms. The maximum atomic E-state index is 12.6. The second-order valence-electron chi connectivity index (χ2n) is 8.49. The van der Waals surface area contributed by atoms with Crippen molar-refractivity contribution in [1.29, 1.82) is 5.26 Å². The highest BCUT2D eigenvalue weighted by atomic mass is 19.4. The molecule has 2 aromatic heterocycles. The molecule has 1 aliphatic heterocycles. The van der Waals surface area contributed by atoms with Crippen LogP contribution in [0, 0.1) is 36.5 Å². The summed E-state index contributed by atoms with van der Waals surface area (Å²) >= 11 is 0. The van der Waals surface area contributed by atoms with E-state index < -0.39 is 36.1 Å². The zero-order valence-corrected chi connectivity index (χ0v) is 19.1. The fraction of sp³-hybridized carbons (Fsp3) is 0.455. The SMILES string of the molecule is C#Cc1nn(C2(C)CN(C(=O)CNC(=O)C(F)(F)F)CC2C)c2c(C)ncc(C(C#N)NC=O)c12. The van der Waals surface area contributed by atoms with Crippen molar-refractivity contribution < 1.29 is 27.6 Å². The van der Waals surface area contributed by atoms with Crippen LogP contribution in [0.4, 0.5) is 13.2 Å². The van der Waals surface area contributed by atoms with Gasteiger partial charge in [0, 0.05) is 36.2 Å². The molecule has 1 saturated heterocycles. The molecule has 3 rings (SSSR count). The number of aryl methyl sites for hydroxylation is 1. The molecule has 3 heterocycles. The third-order valence-corrected chi connectivity index (χ3v) is 6.29. The van der Waals surface area contributed by atoms with E-state index >= 15 is 0 Å². The average molecular weight is 489 g/mol. The van der Waals surface area contributed by atoms with Gasteiger partial charge in [0.25, 0.3) is 0 Å². The van der Waals surface area contributed by atoms with E-state index in [2.05, 4.69) is 21.3 Å². The minimum Gasteiger partial charge on any atom is -0.339 e. The minimum atomic E-state index is -5.09. The molecule has 0 aromatic carbocycles. The van der Waals surface area contributed by atoms with Gasteiger partial charge >= 0.3 is 12.1 Å². The number of pyridine rings is 1. The number of halogens is 3. The van der Waals surface area contributed by atoms with Crippen LogP contribution in [-0.2, 0) is 19.9 Å². The summed E-state index contributed by atoms with van der Waals surface area (Å²) in [4.78, 5) is 40.4. The predicted molar refractivity (Wildman–Crippen MR) is 116 cm³/mol. The molecule has 13 heteroatoms. The Morgan fingerprint density at radius 1 is 1.46 bits per heavy atom. The van der Waals surface area contributed by atoms with Crippen molar-refractivity contribution in [2.75, 3.05) is 19.6 Å². The minimum absolute atomic E-state index is 0.0770. The Morgan fingerprint density at radius 2 is 2.14 bits per heavy atom. The Hall–Kier alpha value is -4.13. The van der Waals surface area contributed by atoms with E-state index in [0.29, 0.717) is 28.6 Å². The van der Waals surface area contributed by atoms with Gasteiger partial charge in [-0.2, -0.15) is 23.5 Å². The number of hydrogen-bond acceptors (Lipinski definition) is 6. The first kappa shape index (κ1) is 25.5. The summed E-state index contributed by atoms with van der Waals surface area (Å²) in [6, 6.07) is 0.949. The fourth-order valence-corrected chi connectivity index (χ4v) is 4.24. The van der Waals surface area contributed by atoms with Crippen molar-refractivity contribution in [3.8, 4) is 18.4 Å². The molecular weight excluding hydrogens is 467 g/mol. The van der Waals surface area contributed by atoms with Crippen molar-refractivity contribution in [3.63, 3.8) is 0 Å². The molecule has 0 aliphatic carbocycles. The molecule has 1 aliphatic rings. The largest absolute Gasteiger partial charge is 0.471 e. The lowest BCUT2D eigenvalue weighted by Gasteiger charge is -2.30. The monoisotopic (exact) mass is 489 g/mol. The molecule has 35 heavy (non-hydrogen) atoms. The molecule has 2 N–H and O–H groups in total. The summed E-state index contributed by atoms with van der Waals surface area (Å²) in [6.45, 7) is 4.87. The Balaban J connectivity index is 2.02. The van der Waals surface area contributed by atoms with Gasteiger partial charge in [-0.25, -0.2) is 0 Å². The lowest BCUT2D eigenvalue weighted by molar-refractivity contribution is -0.174. The van der Waals surface area contributed by atoms with Crippen LogP contribution >= 0.6 is 0 Å². The van der Waals surface area contributed by atoms with Gasteiger partial charge < -0.3 is 15.5 Å². The summed E-state index contributed by atoms with van der Waals surface area (Å²) in [7, 11) is 0. The molecule has 0 bridgehead atoms. The molecular formula is C22H22F3N7O3. The van der Waals surface area contributed by atoms with Crippen LogP contribution in [0.15, 0.2) is 6.20 Å². The predicted octanol–water partition coefficient (Wildman–Crippen LogP) is 0.904. The number of rotatable bonds is 6. The summed E-state index contributed by atoms with van der Waals surface area (Å²) in [6.07, 6.45) is 2.44. The van der Waals surface area contributed by atoms with E-state index in [4.69, 9.17) is 6.42 Å². The number of nitrogens with one attached hydrogen (secondary N) is 2. The van der Waals surface area contributed by atoms with Crippen LogP contribution in [-0.4, -0.2) is 63.7 Å². The zero-order valence-electron chi connectivity index (χ0n) is 19.1. The summed E-state index contributed by atoms with van der Waals surface area (Å²) < 4.78 is 39.0. The smallest absolute Gasteiger partial charge is 0.339 e. The topological polar surface area (TPSA) is 133 Å². The Morgan fingerprint density at radius 3 is 2.71 bits per heavy atom. The van der Waals surface area contributed by atoms with Crippen LogP contribution < -0.4 is 10.6 Å². The summed E-state index contributed by atoms with van der Waals surface area (Å²) in [5.41, 5.74) is 0.775. The molecule has 1 fully saturated rings. The number of likely N-dealkylation sites (tertiary alicyclic amines) is 1. The molecule has 0 radical (unpaired) electrons. The lowest BCUT2D eigenvalue weighted by Crippen LogP contribution is -2.45. The molecule has 3 amide bonds. The number of fused-ring (bicyclic) bond motifs is 1. The molecule has 184 valence electrons. The van der Waals surface area contributed by atoms with Gasteiger partial charge in [0.2, 0.25) is 12.3 Å². The zero-order chi connectivity index (χ0) is 26.1. The molecule has 3 unspecified atom stereocenters. The number of carbonyl (C=O) groups is 3. The van der Waals surface area contributed by atoms with Crippen LogP contribution in [0.2, 0.25) is 0 Å². The molecule has 10 nitrogen and oxygen atoms in total. The Labute approximate surface area is 198 Å². The summed E-state index contributed by atoms with van der Waals surface area (Å²) in [5.74, 6) is -0.596. The highest BCUT2D eigenvalue weighted by Gasteiger charge is 2.46. The molecule has 0 saturated carbocycles. The van der Waals surface area contributed by atoms with Crippen LogP contribution in [0.5, 0.6) is 0 Å². The normalized spacial score (nSPS) is 20.7. The fourth-order valence-electron chi connectivity index (χ4n) is 4.24. The number of alkyl halides is 3. The van der Waals surface area contributed by atoms with Crippen LogP contribution in [0.25, 0.3) is 10.9 Å². The van der Waals surface area contributed by atoms with E-state index in [1.54, 1.807) is 16.9 Å². The van der Waals surface area contributed by atoms with Gasteiger partial charge in [-0.3, -0.25) is 24.0 Å². The number of amides is 3. The quantitative estimate of drug-likeness (QED) is 0.458. The number of nitrogens with zero attached hydrogens (tertiary/aromatic N) is 5. The van der Waals surface area contributed by atoms with Crippen molar-refractivity contribution in [2.24, 2.45) is 5.92 Å². The number of terminal acetylenes is 1.